The third-order valence-corrected chi connectivity index (χ3v) is 4.12. The van der Waals surface area contributed by atoms with Crippen LogP contribution in [0.1, 0.15) is 38.5 Å². The second kappa shape index (κ2) is 5.28. The Hall–Kier alpha value is -0.120. The Morgan fingerprint density at radius 1 is 1.20 bits per heavy atom. The number of rotatable bonds is 5. The summed E-state index contributed by atoms with van der Waals surface area (Å²) < 4.78 is 0. The number of nitrogens with zero attached hydrogens (tertiary/aromatic N) is 1. The van der Waals surface area contributed by atoms with Crippen LogP contribution in [0.15, 0.2) is 0 Å². The van der Waals surface area contributed by atoms with Gasteiger partial charge in [-0.15, -0.1) is 0 Å². The highest BCUT2D eigenvalue weighted by Gasteiger charge is 2.37. The highest BCUT2D eigenvalue weighted by atomic mass is 16.2. The molecule has 2 aliphatic rings. The molecular weight excluding hydrogens is 188 g/mol. The molecule has 2 N–H and O–H groups in total. The molecule has 3 heteroatoms. The Morgan fingerprint density at radius 3 is 2.47 bits per heavy atom. The van der Waals surface area contributed by atoms with Gasteiger partial charge in [0.05, 0.1) is 0 Å². The van der Waals surface area contributed by atoms with E-state index in [1.165, 1.54) is 25.7 Å². The van der Waals surface area contributed by atoms with Gasteiger partial charge < -0.3 is 15.3 Å². The summed E-state index contributed by atoms with van der Waals surface area (Å²) >= 11 is 0. The number of unbranched alkanes of at least 4 members (excludes halogenated alkanes) is 1. The van der Waals surface area contributed by atoms with E-state index in [1.807, 2.05) is 0 Å². The lowest BCUT2D eigenvalue weighted by Crippen LogP contribution is -2.47. The zero-order valence-electron chi connectivity index (χ0n) is 9.78. The fourth-order valence-corrected chi connectivity index (χ4v) is 3.12. The van der Waals surface area contributed by atoms with Crippen LogP contribution in [-0.2, 0) is 0 Å². The molecule has 2 rings (SSSR count). The zero-order chi connectivity index (χ0) is 10.7. The van der Waals surface area contributed by atoms with Crippen molar-refractivity contribution in [1.82, 2.24) is 10.2 Å². The molecule has 2 fully saturated rings. The van der Waals surface area contributed by atoms with Crippen LogP contribution in [-0.4, -0.2) is 48.3 Å². The number of hydrogen-bond donors (Lipinski definition) is 2. The van der Waals surface area contributed by atoms with Crippen LogP contribution >= 0.6 is 0 Å². The maximum absolute atomic E-state index is 8.70. The summed E-state index contributed by atoms with van der Waals surface area (Å²) in [7, 11) is 2.28. The summed E-state index contributed by atoms with van der Waals surface area (Å²) in [5.74, 6) is 0. The fraction of sp³-hybridized carbons (Fsp3) is 1.00. The van der Waals surface area contributed by atoms with E-state index in [1.54, 1.807) is 0 Å². The van der Waals surface area contributed by atoms with Crippen LogP contribution in [0.5, 0.6) is 0 Å². The fourth-order valence-electron chi connectivity index (χ4n) is 3.12. The van der Waals surface area contributed by atoms with Gasteiger partial charge in [-0.25, -0.2) is 0 Å². The Morgan fingerprint density at radius 2 is 1.87 bits per heavy atom. The largest absolute Gasteiger partial charge is 0.396 e. The number of hydrogen-bond acceptors (Lipinski definition) is 3. The molecule has 15 heavy (non-hydrogen) atoms. The average Bonchev–Trinajstić information content (AvgIpc) is 2.50. The van der Waals surface area contributed by atoms with Crippen LogP contribution in [0.4, 0.5) is 0 Å². The minimum absolute atomic E-state index is 0.334. The predicted octanol–water partition coefficient (Wildman–Crippen LogP) is 0.974. The first-order valence-electron chi connectivity index (χ1n) is 6.37. The molecule has 2 atom stereocenters. The molecule has 2 unspecified atom stereocenters. The van der Waals surface area contributed by atoms with Gasteiger partial charge in [0.1, 0.15) is 0 Å². The van der Waals surface area contributed by atoms with E-state index < -0.39 is 0 Å². The van der Waals surface area contributed by atoms with E-state index >= 15 is 0 Å². The maximum Gasteiger partial charge on any atom is 0.0431 e. The maximum atomic E-state index is 8.70. The topological polar surface area (TPSA) is 35.5 Å². The molecule has 0 aromatic carbocycles. The molecule has 0 aromatic heterocycles. The highest BCUT2D eigenvalue weighted by molar-refractivity contribution is 4.95. The lowest BCUT2D eigenvalue weighted by Gasteiger charge is -2.36. The second-order valence-electron chi connectivity index (χ2n) is 5.10. The molecule has 2 aliphatic heterocycles. The second-order valence-corrected chi connectivity index (χ2v) is 5.10. The van der Waals surface area contributed by atoms with E-state index in [0.717, 1.165) is 37.5 Å². The summed E-state index contributed by atoms with van der Waals surface area (Å²) in [6, 6.07) is 2.40. The van der Waals surface area contributed by atoms with E-state index in [4.69, 9.17) is 5.11 Å². The van der Waals surface area contributed by atoms with E-state index in [-0.39, 0.29) is 0 Å². The Kier molecular flexibility index (Phi) is 4.00. The van der Waals surface area contributed by atoms with Crippen molar-refractivity contribution in [3.63, 3.8) is 0 Å². The van der Waals surface area contributed by atoms with Crippen molar-refractivity contribution in [2.24, 2.45) is 0 Å². The number of piperidine rings is 1. The van der Waals surface area contributed by atoms with Crippen molar-refractivity contribution in [2.75, 3.05) is 20.2 Å². The normalized spacial score (nSPS) is 36.0. The summed E-state index contributed by atoms with van der Waals surface area (Å²) in [6.45, 7) is 1.41. The molecule has 0 saturated carbocycles. The third-order valence-electron chi connectivity index (χ3n) is 4.12. The number of fused-ring (bicyclic) bond motifs is 2. The lowest BCUT2D eigenvalue weighted by molar-refractivity contribution is 0.148. The Bertz CT molecular complexity index is 184. The van der Waals surface area contributed by atoms with Crippen LogP contribution in [0.25, 0.3) is 0 Å². The monoisotopic (exact) mass is 212 g/mol. The molecule has 0 amide bonds. The van der Waals surface area contributed by atoms with Gasteiger partial charge in [-0.2, -0.15) is 0 Å². The van der Waals surface area contributed by atoms with E-state index in [9.17, 15) is 0 Å². The van der Waals surface area contributed by atoms with Crippen LogP contribution in [0.2, 0.25) is 0 Å². The van der Waals surface area contributed by atoms with Gasteiger partial charge in [-0.3, -0.25) is 0 Å². The van der Waals surface area contributed by atoms with Crippen LogP contribution < -0.4 is 5.32 Å². The van der Waals surface area contributed by atoms with Gasteiger partial charge >= 0.3 is 0 Å². The molecule has 0 aliphatic carbocycles. The molecule has 0 aromatic rings. The molecular formula is C12H24N2O. The van der Waals surface area contributed by atoms with Crippen molar-refractivity contribution in [2.45, 2.75) is 56.7 Å². The minimum Gasteiger partial charge on any atom is -0.396 e. The third kappa shape index (κ3) is 2.71. The number of aliphatic hydroxyl groups is 1. The molecule has 2 heterocycles. The van der Waals surface area contributed by atoms with Gasteiger partial charge in [0, 0.05) is 24.7 Å². The van der Waals surface area contributed by atoms with Crippen LogP contribution in [0.3, 0.4) is 0 Å². The van der Waals surface area contributed by atoms with Crippen molar-refractivity contribution in [3.8, 4) is 0 Å². The van der Waals surface area contributed by atoms with Gasteiger partial charge in [-0.1, -0.05) is 0 Å². The van der Waals surface area contributed by atoms with Crippen molar-refractivity contribution in [1.29, 1.82) is 0 Å². The lowest BCUT2D eigenvalue weighted by atomic mass is 9.98. The predicted molar refractivity (Wildman–Crippen MR) is 61.9 cm³/mol. The molecule has 0 spiro atoms. The summed E-state index contributed by atoms with van der Waals surface area (Å²) in [5.41, 5.74) is 0. The summed E-state index contributed by atoms with van der Waals surface area (Å²) in [6.07, 6.45) is 7.49. The van der Waals surface area contributed by atoms with Crippen molar-refractivity contribution < 1.29 is 5.11 Å². The summed E-state index contributed by atoms with van der Waals surface area (Å²) in [5, 5.41) is 12.3. The van der Waals surface area contributed by atoms with Crippen molar-refractivity contribution in [3.05, 3.63) is 0 Å². The van der Waals surface area contributed by atoms with Gasteiger partial charge in [-0.05, 0) is 52.1 Å². The highest BCUT2D eigenvalue weighted by Crippen LogP contribution is 2.34. The van der Waals surface area contributed by atoms with Gasteiger partial charge in [0.15, 0.2) is 0 Å². The molecule has 88 valence electrons. The first-order chi connectivity index (χ1) is 7.31. The molecule has 3 nitrogen and oxygen atoms in total. The minimum atomic E-state index is 0.334. The summed E-state index contributed by atoms with van der Waals surface area (Å²) in [4.78, 5) is 2.58. The van der Waals surface area contributed by atoms with Gasteiger partial charge in [0.2, 0.25) is 0 Å². The first-order valence-corrected chi connectivity index (χ1v) is 6.37. The molecule has 2 saturated heterocycles. The number of nitrogens with one attached hydrogen (secondary N) is 1. The average molecular weight is 212 g/mol. The Balaban J connectivity index is 1.68. The first kappa shape index (κ1) is 11.4. The van der Waals surface area contributed by atoms with E-state index in [2.05, 4.69) is 17.3 Å². The standard InChI is InChI=1S/C12H24N2O/c1-14-11-4-5-12(14)9-10(8-11)13-6-2-3-7-15/h10-13,15H,2-9H2,1H3. The van der Waals surface area contributed by atoms with Gasteiger partial charge in [0.25, 0.3) is 0 Å². The molecule has 2 bridgehead atoms. The number of aliphatic hydroxyl groups excluding tert-OH is 1. The molecule has 0 radical (unpaired) electrons. The van der Waals surface area contributed by atoms with Crippen LogP contribution in [0, 0.1) is 0 Å². The quantitative estimate of drug-likeness (QED) is 0.667. The zero-order valence-corrected chi connectivity index (χ0v) is 9.78. The Labute approximate surface area is 92.8 Å². The smallest absolute Gasteiger partial charge is 0.0431 e. The SMILES string of the molecule is CN1C2CCC1CC(NCCCCO)C2. The van der Waals surface area contributed by atoms with Crippen molar-refractivity contribution >= 4 is 0 Å². The van der Waals surface area contributed by atoms with E-state index in [0.29, 0.717) is 6.61 Å².